The van der Waals surface area contributed by atoms with Crippen molar-refractivity contribution in [2.45, 2.75) is 25.6 Å². The van der Waals surface area contributed by atoms with Crippen LogP contribution in [0.5, 0.6) is 5.75 Å². The number of aromatic nitrogens is 1. The summed E-state index contributed by atoms with van der Waals surface area (Å²) in [4.78, 5) is 9.22. The molecule has 3 rings (SSSR count). The minimum Gasteiger partial charge on any atom is -0.497 e. The fraction of sp³-hybridized carbons (Fsp3) is 0.476. The van der Waals surface area contributed by atoms with Crippen LogP contribution in [0, 0.1) is 0 Å². The van der Waals surface area contributed by atoms with Crippen molar-refractivity contribution in [1.29, 1.82) is 0 Å². The van der Waals surface area contributed by atoms with E-state index in [0.717, 1.165) is 57.2 Å². The first kappa shape index (κ1) is 18.8. The first-order chi connectivity index (χ1) is 12.7. The molecule has 1 unspecified atom stereocenters. The molecule has 1 saturated heterocycles. The predicted octanol–water partition coefficient (Wildman–Crippen LogP) is 2.81. The number of nitrogens with zero attached hydrogens (tertiary/aromatic N) is 3. The zero-order valence-electron chi connectivity index (χ0n) is 15.8. The summed E-state index contributed by atoms with van der Waals surface area (Å²) in [5.41, 5.74) is 2.38. The lowest BCUT2D eigenvalue weighted by molar-refractivity contribution is 0.0296. The average Bonchev–Trinajstić information content (AvgIpc) is 2.87. The SMILES string of the molecule is COc1ccnc(CN(C)CC2CN(Cc3ccccc3)CCCO2)c1. The third-order valence-corrected chi connectivity index (χ3v) is 4.65. The Kier molecular flexibility index (Phi) is 7.00. The fourth-order valence-electron chi connectivity index (χ4n) is 3.42. The van der Waals surface area contributed by atoms with Crippen LogP contribution in [0.1, 0.15) is 17.7 Å². The second kappa shape index (κ2) is 9.67. The number of likely N-dealkylation sites (N-methyl/N-ethyl adjacent to an activating group) is 1. The zero-order chi connectivity index (χ0) is 18.2. The van der Waals surface area contributed by atoms with Crippen LogP contribution in [0.4, 0.5) is 0 Å². The minimum absolute atomic E-state index is 0.219. The van der Waals surface area contributed by atoms with Crippen LogP contribution in [0.15, 0.2) is 48.7 Å². The smallest absolute Gasteiger partial charge is 0.122 e. The van der Waals surface area contributed by atoms with E-state index in [2.05, 4.69) is 52.2 Å². The summed E-state index contributed by atoms with van der Waals surface area (Å²) < 4.78 is 11.4. The number of hydrogen-bond acceptors (Lipinski definition) is 5. The predicted molar refractivity (Wildman–Crippen MR) is 103 cm³/mol. The molecule has 2 heterocycles. The van der Waals surface area contributed by atoms with Gasteiger partial charge in [0.1, 0.15) is 5.75 Å². The van der Waals surface area contributed by atoms with Gasteiger partial charge in [-0.05, 0) is 25.1 Å². The maximum atomic E-state index is 6.10. The zero-order valence-corrected chi connectivity index (χ0v) is 15.8. The molecule has 0 saturated carbocycles. The third-order valence-electron chi connectivity index (χ3n) is 4.65. The van der Waals surface area contributed by atoms with E-state index in [1.54, 1.807) is 13.3 Å². The van der Waals surface area contributed by atoms with Gasteiger partial charge in [0.2, 0.25) is 0 Å². The lowest BCUT2D eigenvalue weighted by Gasteiger charge is -2.27. The van der Waals surface area contributed by atoms with Crippen molar-refractivity contribution in [1.82, 2.24) is 14.8 Å². The van der Waals surface area contributed by atoms with Crippen LogP contribution in [0.2, 0.25) is 0 Å². The largest absolute Gasteiger partial charge is 0.497 e. The summed E-state index contributed by atoms with van der Waals surface area (Å²) in [6.45, 7) is 5.56. The fourth-order valence-corrected chi connectivity index (χ4v) is 3.42. The lowest BCUT2D eigenvalue weighted by Crippen LogP contribution is -2.38. The second-order valence-corrected chi connectivity index (χ2v) is 6.95. The van der Waals surface area contributed by atoms with E-state index in [4.69, 9.17) is 9.47 Å². The monoisotopic (exact) mass is 355 g/mol. The quantitative estimate of drug-likeness (QED) is 0.763. The molecule has 1 aromatic heterocycles. The molecule has 1 aliphatic heterocycles. The standard InChI is InChI=1S/C21H29N3O2/c1-23(15-19-13-20(25-2)9-10-22-19)16-21-17-24(11-6-12-26-21)14-18-7-4-3-5-8-18/h3-5,7-10,13,21H,6,11-12,14-17H2,1-2H3. The van der Waals surface area contributed by atoms with Gasteiger partial charge >= 0.3 is 0 Å². The van der Waals surface area contributed by atoms with E-state index in [-0.39, 0.29) is 6.10 Å². The molecule has 1 aromatic carbocycles. The number of benzene rings is 1. The summed E-state index contributed by atoms with van der Waals surface area (Å²) in [7, 11) is 3.81. The van der Waals surface area contributed by atoms with E-state index in [9.17, 15) is 0 Å². The molecule has 0 aliphatic carbocycles. The Labute approximate surface area is 156 Å². The number of hydrogen-bond donors (Lipinski definition) is 0. The van der Waals surface area contributed by atoms with Gasteiger partial charge in [0.25, 0.3) is 0 Å². The maximum absolute atomic E-state index is 6.10. The molecule has 1 fully saturated rings. The van der Waals surface area contributed by atoms with E-state index in [1.165, 1.54) is 5.56 Å². The Balaban J connectivity index is 1.53. The van der Waals surface area contributed by atoms with Gasteiger partial charge in [-0.3, -0.25) is 14.8 Å². The van der Waals surface area contributed by atoms with Crippen LogP contribution in [-0.2, 0) is 17.8 Å². The number of ether oxygens (including phenoxy) is 2. The molecule has 0 radical (unpaired) electrons. The molecule has 2 aromatic rings. The molecular weight excluding hydrogens is 326 g/mol. The molecule has 5 nitrogen and oxygen atoms in total. The number of methoxy groups -OCH3 is 1. The lowest BCUT2D eigenvalue weighted by atomic mass is 10.2. The summed E-state index contributed by atoms with van der Waals surface area (Å²) in [6, 6.07) is 14.5. The Hall–Kier alpha value is -1.95. The molecule has 5 heteroatoms. The third kappa shape index (κ3) is 5.80. The topological polar surface area (TPSA) is 37.8 Å². The van der Waals surface area contributed by atoms with Gasteiger partial charge < -0.3 is 9.47 Å². The normalized spacial score (nSPS) is 18.7. The molecule has 1 aliphatic rings. The van der Waals surface area contributed by atoms with E-state index >= 15 is 0 Å². The van der Waals surface area contributed by atoms with Crippen molar-refractivity contribution >= 4 is 0 Å². The van der Waals surface area contributed by atoms with Gasteiger partial charge in [-0.1, -0.05) is 30.3 Å². The van der Waals surface area contributed by atoms with Crippen LogP contribution in [0.25, 0.3) is 0 Å². The van der Waals surface area contributed by atoms with Crippen molar-refractivity contribution < 1.29 is 9.47 Å². The first-order valence-electron chi connectivity index (χ1n) is 9.28. The maximum Gasteiger partial charge on any atom is 0.122 e. The van der Waals surface area contributed by atoms with Crippen molar-refractivity contribution in [3.8, 4) is 5.75 Å². The molecule has 0 N–H and O–H groups in total. The Bertz CT molecular complexity index is 665. The molecule has 26 heavy (non-hydrogen) atoms. The van der Waals surface area contributed by atoms with Gasteiger partial charge in [0.05, 0.1) is 18.9 Å². The van der Waals surface area contributed by atoms with Crippen molar-refractivity contribution in [3.05, 3.63) is 59.9 Å². The summed E-state index contributed by atoms with van der Waals surface area (Å²) in [5.74, 6) is 0.850. The average molecular weight is 355 g/mol. The van der Waals surface area contributed by atoms with Gasteiger partial charge in [0, 0.05) is 51.6 Å². The molecule has 140 valence electrons. The highest BCUT2D eigenvalue weighted by Gasteiger charge is 2.20. The van der Waals surface area contributed by atoms with Crippen LogP contribution in [-0.4, -0.2) is 61.3 Å². The van der Waals surface area contributed by atoms with Crippen LogP contribution in [0.3, 0.4) is 0 Å². The van der Waals surface area contributed by atoms with Crippen molar-refractivity contribution in [2.75, 3.05) is 40.4 Å². The second-order valence-electron chi connectivity index (χ2n) is 6.95. The van der Waals surface area contributed by atoms with E-state index in [0.29, 0.717) is 0 Å². The Morgan fingerprint density at radius 3 is 2.92 bits per heavy atom. The summed E-state index contributed by atoms with van der Waals surface area (Å²) in [5, 5.41) is 0. The molecule has 0 amide bonds. The molecular formula is C21H29N3O2. The summed E-state index contributed by atoms with van der Waals surface area (Å²) in [6.07, 6.45) is 3.10. The highest BCUT2D eigenvalue weighted by Crippen LogP contribution is 2.14. The van der Waals surface area contributed by atoms with Crippen molar-refractivity contribution in [2.24, 2.45) is 0 Å². The van der Waals surface area contributed by atoms with Crippen LogP contribution >= 0.6 is 0 Å². The molecule has 1 atom stereocenters. The van der Waals surface area contributed by atoms with Gasteiger partial charge in [-0.15, -0.1) is 0 Å². The summed E-state index contributed by atoms with van der Waals surface area (Å²) >= 11 is 0. The number of pyridine rings is 1. The van der Waals surface area contributed by atoms with Gasteiger partial charge in [-0.2, -0.15) is 0 Å². The van der Waals surface area contributed by atoms with E-state index < -0.39 is 0 Å². The van der Waals surface area contributed by atoms with E-state index in [1.807, 2.05) is 12.1 Å². The highest BCUT2D eigenvalue weighted by molar-refractivity contribution is 5.22. The molecule has 0 spiro atoms. The number of rotatable bonds is 7. The van der Waals surface area contributed by atoms with Crippen molar-refractivity contribution in [3.63, 3.8) is 0 Å². The van der Waals surface area contributed by atoms with Crippen LogP contribution < -0.4 is 4.74 Å². The minimum atomic E-state index is 0.219. The Morgan fingerprint density at radius 2 is 2.12 bits per heavy atom. The highest BCUT2D eigenvalue weighted by atomic mass is 16.5. The molecule has 0 bridgehead atoms. The Morgan fingerprint density at radius 1 is 1.27 bits per heavy atom. The van der Waals surface area contributed by atoms with Gasteiger partial charge in [-0.25, -0.2) is 0 Å². The first-order valence-corrected chi connectivity index (χ1v) is 9.28. The van der Waals surface area contributed by atoms with Gasteiger partial charge in [0.15, 0.2) is 0 Å².